The number of carbonyl (C=O) groups is 12. The number of ether oxygens (including phenoxy) is 2. The fraction of sp³-hybridized carbons (Fsp3) is 0.700. The number of aliphatic hydroxyl groups excluding tert-OH is 1. The second-order valence-electron chi connectivity index (χ2n) is 32.7. The third-order valence-electron chi connectivity index (χ3n) is 20.1. The van der Waals surface area contributed by atoms with Crippen LogP contribution < -0.4 is 26.0 Å². The predicted octanol–water partition coefficient (Wildman–Crippen LogP) is 5.17. The summed E-state index contributed by atoms with van der Waals surface area (Å²) >= 11 is 0. The number of hydrogen-bond donors (Lipinski definition) is 6. The Morgan fingerprint density at radius 1 is 0.481 bits per heavy atom. The van der Waals surface area contributed by atoms with Gasteiger partial charge in [0.05, 0.1) is 31.8 Å². The SMILES string of the molecule is COc1cc(C[C@@H]2NC(=O)[C@H](CC(C)C)N(C)C(=O)CCCN(C)C(=O)C[C@@H](C(=O)N3CCCCC3)NC(=O)[C@H](CC(C)C)N(C)C(=O)[C@H](CC(C)C)N(C)C(=O)[C@H]([C@@H](C)O)NC(=O)[C@H](CC(C)C)N(C)C(=O)[C@H](COC(C)(C)C)NC(=O)[C@H](Cc3ccccc3)N(C)C(=O)[C@H](CC(C)C)N(C)C2=O)ccc1O. The zero-order chi connectivity index (χ0) is 81.5. The van der Waals surface area contributed by atoms with E-state index in [1.165, 1.54) is 100.0 Å². The van der Waals surface area contributed by atoms with Crippen molar-refractivity contribution in [3.8, 4) is 11.5 Å². The Morgan fingerprint density at radius 3 is 1.42 bits per heavy atom. The van der Waals surface area contributed by atoms with Crippen molar-refractivity contribution in [1.29, 1.82) is 0 Å². The van der Waals surface area contributed by atoms with Gasteiger partial charge in [0.1, 0.15) is 60.4 Å². The van der Waals surface area contributed by atoms with E-state index < -0.39 is 156 Å². The second-order valence-corrected chi connectivity index (χ2v) is 32.7. The Hall–Kier alpha value is -8.40. The molecule has 12 amide bonds. The first kappa shape index (κ1) is 92.0. The Bertz CT molecular complexity index is 3350. The number of methoxy groups -OCH3 is 1. The summed E-state index contributed by atoms with van der Waals surface area (Å²) in [7, 11) is 11.3. The number of phenolic OH excluding ortho intramolecular Hbond substituents is 1. The van der Waals surface area contributed by atoms with E-state index in [4.69, 9.17) is 9.47 Å². The van der Waals surface area contributed by atoms with E-state index in [1.54, 1.807) is 62.1 Å². The highest BCUT2D eigenvalue weighted by atomic mass is 16.5. The molecule has 0 unspecified atom stereocenters. The van der Waals surface area contributed by atoms with Gasteiger partial charge < -0.3 is 80.2 Å². The van der Waals surface area contributed by atoms with Crippen molar-refractivity contribution in [1.82, 2.24) is 60.5 Å². The van der Waals surface area contributed by atoms with E-state index in [0.717, 1.165) is 16.2 Å². The number of piperidine rings is 1. The van der Waals surface area contributed by atoms with Gasteiger partial charge in [-0.15, -0.1) is 0 Å². The molecule has 2 aromatic carbocycles. The molecule has 108 heavy (non-hydrogen) atoms. The molecule has 2 aliphatic heterocycles. The number of likely N-dealkylation sites (tertiary alicyclic amines) is 1. The molecule has 606 valence electrons. The first-order valence-corrected chi connectivity index (χ1v) is 38.5. The molecule has 28 heteroatoms. The molecule has 6 N–H and O–H groups in total. The van der Waals surface area contributed by atoms with Crippen molar-refractivity contribution in [3.63, 3.8) is 0 Å². The number of rotatable bonds is 19. The van der Waals surface area contributed by atoms with E-state index in [9.17, 15) is 24.6 Å². The minimum Gasteiger partial charge on any atom is -0.504 e. The number of nitrogens with one attached hydrogen (secondary N) is 4. The second kappa shape index (κ2) is 42.5. The van der Waals surface area contributed by atoms with Crippen LogP contribution in [0.4, 0.5) is 0 Å². The van der Waals surface area contributed by atoms with Crippen LogP contribution in [0.15, 0.2) is 48.5 Å². The molecular weight excluding hydrogens is 1380 g/mol. The summed E-state index contributed by atoms with van der Waals surface area (Å²) in [5.74, 6) is -9.65. The number of amides is 12. The maximum atomic E-state index is 15.7. The van der Waals surface area contributed by atoms with Crippen LogP contribution in [0.2, 0.25) is 0 Å². The lowest BCUT2D eigenvalue weighted by Crippen LogP contribution is -2.63. The van der Waals surface area contributed by atoms with Crippen LogP contribution in [-0.4, -0.2) is 275 Å². The van der Waals surface area contributed by atoms with Crippen LogP contribution in [0, 0.1) is 29.6 Å². The first-order valence-electron chi connectivity index (χ1n) is 38.5. The van der Waals surface area contributed by atoms with Crippen molar-refractivity contribution in [3.05, 3.63) is 59.7 Å². The summed E-state index contributed by atoms with van der Waals surface area (Å²) in [6.07, 6.45) is 0.168. The molecule has 0 spiro atoms. The summed E-state index contributed by atoms with van der Waals surface area (Å²) in [5.41, 5.74) is 0.163. The number of likely N-dealkylation sites (N-methyl/N-ethyl adjacent to an activating group) is 6. The molecule has 0 aromatic heterocycles. The van der Waals surface area contributed by atoms with Gasteiger partial charge in [-0.3, -0.25) is 57.5 Å². The van der Waals surface area contributed by atoms with Crippen molar-refractivity contribution in [2.75, 3.05) is 82.7 Å². The molecule has 2 aromatic rings. The highest BCUT2D eigenvalue weighted by molar-refractivity contribution is 6.00. The predicted molar refractivity (Wildman–Crippen MR) is 412 cm³/mol. The third-order valence-corrected chi connectivity index (χ3v) is 20.1. The van der Waals surface area contributed by atoms with Gasteiger partial charge in [-0.2, -0.15) is 0 Å². The molecule has 2 heterocycles. The summed E-state index contributed by atoms with van der Waals surface area (Å²) in [6.45, 7) is 25.4. The zero-order valence-electron chi connectivity index (χ0n) is 68.6. The van der Waals surface area contributed by atoms with Gasteiger partial charge in [-0.1, -0.05) is 106 Å². The number of benzene rings is 2. The van der Waals surface area contributed by atoms with Gasteiger partial charge in [0.15, 0.2) is 11.5 Å². The number of carbonyl (C=O) groups excluding carboxylic acids is 12. The Balaban J connectivity index is 2.01. The standard InChI is InChI=1S/C80H130N12O16/c1-48(2)38-59-70(97)81-56(43-55-33-34-65(94)66(45-55)107-22)74(101)90(20)63(41-51(7)8)77(104)89(19)62(44-54-30-25-23-26-31-54)72(99)83-58(47-108-80(12,13)14)75(102)87(17)61(40-50(5)6)73(100)84-69(53(11)93)79(106)91(21)64(42-52(9)10)78(105)88(18)60(39-49(3)4)71(98)82-57(76(103)92-36-27-24-28-37-92)46-68(96)85(15)35-29-32-67(95)86(59)16/h23,25-26,30-31,33-34,45,48-53,56-64,69,93-94H,24,27-29,32,35-44,46-47H2,1-22H3,(H,81,97)(H,82,98)(H,83,99)(H,84,100)/t53-,56+,57+,58+,59+,60+,61+,62+,63+,64+,69+/m1/s1. The summed E-state index contributed by atoms with van der Waals surface area (Å²) in [6, 6.07) is -0.561. The van der Waals surface area contributed by atoms with Gasteiger partial charge in [0, 0.05) is 88.2 Å². The molecule has 2 saturated heterocycles. The average molecular weight is 1520 g/mol. The van der Waals surface area contributed by atoms with Crippen molar-refractivity contribution >= 4 is 70.9 Å². The van der Waals surface area contributed by atoms with Crippen LogP contribution in [0.3, 0.4) is 0 Å². The molecule has 0 radical (unpaired) electrons. The van der Waals surface area contributed by atoms with Gasteiger partial charge >= 0.3 is 0 Å². The van der Waals surface area contributed by atoms with Crippen LogP contribution >= 0.6 is 0 Å². The minimum atomic E-state index is -1.71. The molecular formula is C80H130N12O16. The smallest absolute Gasteiger partial charge is 0.248 e. The van der Waals surface area contributed by atoms with Gasteiger partial charge in [-0.05, 0) is 138 Å². The molecule has 11 atom stereocenters. The normalized spacial score (nSPS) is 24.5. The minimum absolute atomic E-state index is 0.000396. The summed E-state index contributed by atoms with van der Waals surface area (Å²) in [5, 5.41) is 33.6. The highest BCUT2D eigenvalue weighted by Gasteiger charge is 2.45. The van der Waals surface area contributed by atoms with E-state index in [2.05, 4.69) is 21.3 Å². The number of aromatic hydroxyl groups is 1. The lowest BCUT2D eigenvalue weighted by atomic mass is 9.96. The lowest BCUT2D eigenvalue weighted by molar-refractivity contribution is -0.152. The van der Waals surface area contributed by atoms with E-state index in [1.807, 2.05) is 69.2 Å². The lowest BCUT2D eigenvalue weighted by Gasteiger charge is -2.38. The first-order chi connectivity index (χ1) is 50.4. The fourth-order valence-electron chi connectivity index (χ4n) is 13.6. The molecule has 0 saturated carbocycles. The topological polar surface area (TPSA) is 338 Å². The molecule has 2 fully saturated rings. The molecule has 4 rings (SSSR count). The number of nitrogens with zero attached hydrogens (tertiary/aromatic N) is 8. The summed E-state index contributed by atoms with van der Waals surface area (Å²) < 4.78 is 11.7. The Kier molecular flexibility index (Phi) is 36.2. The largest absolute Gasteiger partial charge is 0.504 e. The third kappa shape index (κ3) is 27.3. The van der Waals surface area contributed by atoms with Crippen molar-refractivity contribution < 1.29 is 77.2 Å². The number of aliphatic hydroxyl groups is 1. The molecule has 28 nitrogen and oxygen atoms in total. The maximum absolute atomic E-state index is 15.7. The molecule has 0 bridgehead atoms. The molecule has 0 aliphatic carbocycles. The monoisotopic (exact) mass is 1510 g/mol. The summed E-state index contributed by atoms with van der Waals surface area (Å²) in [4.78, 5) is 192. The van der Waals surface area contributed by atoms with Crippen LogP contribution in [-0.2, 0) is 75.1 Å². The highest BCUT2D eigenvalue weighted by Crippen LogP contribution is 2.29. The van der Waals surface area contributed by atoms with Crippen LogP contribution in [0.25, 0.3) is 0 Å². The van der Waals surface area contributed by atoms with Gasteiger partial charge in [0.2, 0.25) is 70.9 Å². The average Bonchev–Trinajstić information content (AvgIpc) is 0.805. The Labute approximate surface area is 641 Å². The van der Waals surface area contributed by atoms with Gasteiger partial charge in [0.25, 0.3) is 0 Å². The Morgan fingerprint density at radius 2 is 0.917 bits per heavy atom. The number of phenols is 1. The van der Waals surface area contributed by atoms with Crippen LogP contribution in [0.5, 0.6) is 11.5 Å². The van der Waals surface area contributed by atoms with Crippen molar-refractivity contribution in [2.24, 2.45) is 29.6 Å². The van der Waals surface area contributed by atoms with Crippen molar-refractivity contribution in [2.45, 2.75) is 253 Å². The van der Waals surface area contributed by atoms with E-state index >= 15 is 43.2 Å². The van der Waals surface area contributed by atoms with E-state index in [0.29, 0.717) is 37.1 Å². The van der Waals surface area contributed by atoms with Crippen LogP contribution in [0.1, 0.15) is 179 Å². The van der Waals surface area contributed by atoms with Gasteiger partial charge in [-0.25, -0.2) is 0 Å². The molecule has 2 aliphatic rings. The number of hydrogen-bond acceptors (Lipinski definition) is 16. The fourth-order valence-corrected chi connectivity index (χ4v) is 13.6. The maximum Gasteiger partial charge on any atom is 0.248 e. The quantitative estimate of drug-likeness (QED) is 0.106. The van der Waals surface area contributed by atoms with E-state index in [-0.39, 0.29) is 105 Å². The zero-order valence-corrected chi connectivity index (χ0v) is 68.6.